The third kappa shape index (κ3) is 2.16. The van der Waals surface area contributed by atoms with Crippen LogP contribution in [0.5, 0.6) is 0 Å². The second-order valence-corrected chi connectivity index (χ2v) is 4.64. The molecule has 0 radical (unpaired) electrons. The van der Waals surface area contributed by atoms with Crippen molar-refractivity contribution in [2.24, 2.45) is 5.41 Å². The summed E-state index contributed by atoms with van der Waals surface area (Å²) in [5.74, 6) is -2.49. The quantitative estimate of drug-likeness (QED) is 0.615. The molecule has 2 heterocycles. The Bertz CT molecular complexity index is 213. The number of halogens is 2. The molecule has 0 aromatic carbocycles. The van der Waals surface area contributed by atoms with Gasteiger partial charge in [-0.3, -0.25) is 0 Å². The van der Waals surface area contributed by atoms with Crippen LogP contribution in [0.15, 0.2) is 0 Å². The molecule has 0 aromatic heterocycles. The number of nitrogens with zero attached hydrogens (tertiary/aromatic N) is 2. The van der Waals surface area contributed by atoms with Crippen LogP contribution in [0, 0.1) is 5.41 Å². The Morgan fingerprint density at radius 3 is 1.87 bits per heavy atom. The lowest BCUT2D eigenvalue weighted by Crippen LogP contribution is -2.68. The summed E-state index contributed by atoms with van der Waals surface area (Å²) in [4.78, 5) is 3.70. The van der Waals surface area contributed by atoms with Crippen molar-refractivity contribution in [1.29, 1.82) is 0 Å². The monoisotopic (exact) mass is 220 g/mol. The summed E-state index contributed by atoms with van der Waals surface area (Å²) >= 11 is 0. The van der Waals surface area contributed by atoms with E-state index in [1.165, 1.54) is 0 Å². The highest BCUT2D eigenvalue weighted by atomic mass is 19.3. The van der Waals surface area contributed by atoms with E-state index >= 15 is 0 Å². The van der Waals surface area contributed by atoms with Gasteiger partial charge in [0.05, 0.1) is 12.0 Å². The summed E-state index contributed by atoms with van der Waals surface area (Å²) in [5.41, 5.74) is -0.700. The largest absolute Gasteiger partial charge is 0.305 e. The predicted molar refractivity (Wildman–Crippen MR) is 58.3 cm³/mol. The van der Waals surface area contributed by atoms with Crippen molar-refractivity contribution in [1.82, 2.24) is 9.80 Å². The lowest BCUT2D eigenvalue weighted by Gasteiger charge is -2.56. The Morgan fingerprint density at radius 1 is 0.933 bits per heavy atom. The summed E-state index contributed by atoms with van der Waals surface area (Å²) in [6, 6.07) is 0. The van der Waals surface area contributed by atoms with Crippen LogP contribution in [-0.4, -0.2) is 56.0 Å². The highest BCUT2D eigenvalue weighted by Crippen LogP contribution is 2.49. The van der Waals surface area contributed by atoms with Crippen molar-refractivity contribution in [3.63, 3.8) is 0 Å². The Morgan fingerprint density at radius 2 is 1.47 bits per heavy atom. The molecule has 2 rings (SSSR count). The molecule has 0 saturated carbocycles. The second kappa shape index (κ2) is 4.34. The van der Waals surface area contributed by atoms with E-state index in [1.54, 1.807) is 11.9 Å². The van der Waals surface area contributed by atoms with Gasteiger partial charge in [-0.1, -0.05) is 13.8 Å². The Balaban J connectivity index is 0.000000531. The van der Waals surface area contributed by atoms with E-state index in [0.29, 0.717) is 19.5 Å². The van der Waals surface area contributed by atoms with E-state index in [9.17, 15) is 8.78 Å². The SMILES string of the molecule is CC.CN1CCC2(CN(C)C2)C(F)(F)C1. The lowest BCUT2D eigenvalue weighted by molar-refractivity contribution is -0.217. The number of piperidine rings is 1. The van der Waals surface area contributed by atoms with Gasteiger partial charge in [0, 0.05) is 13.1 Å². The van der Waals surface area contributed by atoms with Gasteiger partial charge in [0.15, 0.2) is 0 Å². The topological polar surface area (TPSA) is 6.48 Å². The number of hydrogen-bond acceptors (Lipinski definition) is 2. The van der Waals surface area contributed by atoms with E-state index < -0.39 is 11.3 Å². The van der Waals surface area contributed by atoms with Crippen LogP contribution in [0.2, 0.25) is 0 Å². The van der Waals surface area contributed by atoms with Crippen molar-refractivity contribution in [2.75, 3.05) is 40.3 Å². The zero-order valence-electron chi connectivity index (χ0n) is 10.2. The third-order valence-corrected chi connectivity index (χ3v) is 3.36. The maximum absolute atomic E-state index is 13.7. The van der Waals surface area contributed by atoms with E-state index in [-0.39, 0.29) is 6.54 Å². The van der Waals surface area contributed by atoms with E-state index in [4.69, 9.17) is 0 Å². The van der Waals surface area contributed by atoms with Crippen LogP contribution in [0.4, 0.5) is 8.78 Å². The van der Waals surface area contributed by atoms with Crippen LogP contribution in [0.3, 0.4) is 0 Å². The summed E-state index contributed by atoms with van der Waals surface area (Å²) in [6.07, 6.45) is 0.640. The molecule has 4 heteroatoms. The molecule has 0 N–H and O–H groups in total. The van der Waals surface area contributed by atoms with E-state index in [0.717, 1.165) is 6.54 Å². The highest BCUT2D eigenvalue weighted by Gasteiger charge is 2.61. The summed E-state index contributed by atoms with van der Waals surface area (Å²) in [7, 11) is 3.67. The zero-order chi connectivity index (χ0) is 11.7. The Hall–Kier alpha value is -0.220. The molecule has 0 unspecified atom stereocenters. The second-order valence-electron chi connectivity index (χ2n) is 4.64. The van der Waals surface area contributed by atoms with Crippen molar-refractivity contribution in [3.05, 3.63) is 0 Å². The molecule has 2 fully saturated rings. The normalized spacial score (nSPS) is 29.2. The average molecular weight is 220 g/mol. The van der Waals surface area contributed by atoms with Gasteiger partial charge in [-0.15, -0.1) is 0 Å². The molecule has 0 aromatic rings. The molecule has 0 amide bonds. The van der Waals surface area contributed by atoms with Crippen LogP contribution in [0.1, 0.15) is 20.3 Å². The third-order valence-electron chi connectivity index (χ3n) is 3.36. The molecule has 0 bridgehead atoms. The van der Waals surface area contributed by atoms with Gasteiger partial charge in [0.1, 0.15) is 0 Å². The Labute approximate surface area is 91.2 Å². The van der Waals surface area contributed by atoms with Gasteiger partial charge in [-0.2, -0.15) is 0 Å². The molecular formula is C11H22F2N2. The number of alkyl halides is 2. The summed E-state index contributed by atoms with van der Waals surface area (Å²) in [5, 5.41) is 0. The number of likely N-dealkylation sites (tertiary alicyclic amines) is 2. The molecule has 0 aliphatic carbocycles. The van der Waals surface area contributed by atoms with E-state index in [2.05, 4.69) is 0 Å². The fourth-order valence-corrected chi connectivity index (χ4v) is 2.55. The molecule has 2 saturated heterocycles. The first-order chi connectivity index (χ1) is 6.95. The molecule has 2 aliphatic heterocycles. The standard InChI is InChI=1S/C9H16F2N2.C2H6/c1-12-4-3-8(5-13(2)6-8)9(10,11)7-12;1-2/h3-7H2,1-2H3;1-2H3. The minimum Gasteiger partial charge on any atom is -0.305 e. The van der Waals surface area contributed by atoms with Gasteiger partial charge in [-0.25, -0.2) is 8.78 Å². The fraction of sp³-hybridized carbons (Fsp3) is 1.00. The van der Waals surface area contributed by atoms with Crippen LogP contribution < -0.4 is 0 Å². The Kier molecular flexibility index (Phi) is 3.71. The predicted octanol–water partition coefficient (Wildman–Crippen LogP) is 1.92. The van der Waals surface area contributed by atoms with E-state index in [1.807, 2.05) is 25.8 Å². The van der Waals surface area contributed by atoms with Gasteiger partial charge in [-0.05, 0) is 27.1 Å². The molecular weight excluding hydrogens is 198 g/mol. The van der Waals surface area contributed by atoms with Crippen molar-refractivity contribution in [2.45, 2.75) is 26.2 Å². The van der Waals surface area contributed by atoms with Crippen molar-refractivity contribution < 1.29 is 8.78 Å². The van der Waals surface area contributed by atoms with Gasteiger partial charge >= 0.3 is 0 Å². The van der Waals surface area contributed by atoms with Gasteiger partial charge < -0.3 is 9.80 Å². The molecule has 15 heavy (non-hydrogen) atoms. The summed E-state index contributed by atoms with van der Waals surface area (Å²) < 4.78 is 27.3. The highest BCUT2D eigenvalue weighted by molar-refractivity contribution is 5.06. The molecule has 90 valence electrons. The minimum atomic E-state index is -2.49. The number of rotatable bonds is 0. The van der Waals surface area contributed by atoms with Crippen LogP contribution in [-0.2, 0) is 0 Å². The smallest absolute Gasteiger partial charge is 0.268 e. The van der Waals surface area contributed by atoms with Gasteiger partial charge in [0.2, 0.25) is 0 Å². The van der Waals surface area contributed by atoms with Crippen LogP contribution in [0.25, 0.3) is 0 Å². The first kappa shape index (κ1) is 12.8. The molecule has 0 atom stereocenters. The maximum atomic E-state index is 13.7. The molecule has 1 spiro atoms. The first-order valence-electron chi connectivity index (χ1n) is 5.70. The van der Waals surface area contributed by atoms with Crippen molar-refractivity contribution >= 4 is 0 Å². The fourth-order valence-electron chi connectivity index (χ4n) is 2.55. The first-order valence-corrected chi connectivity index (χ1v) is 5.70. The molecule has 2 aliphatic rings. The lowest BCUT2D eigenvalue weighted by atomic mass is 9.69. The van der Waals surface area contributed by atoms with Crippen LogP contribution >= 0.6 is 0 Å². The van der Waals surface area contributed by atoms with Gasteiger partial charge in [0.25, 0.3) is 5.92 Å². The average Bonchev–Trinajstić information content (AvgIpc) is 2.11. The number of hydrogen-bond donors (Lipinski definition) is 0. The zero-order valence-corrected chi connectivity index (χ0v) is 10.2. The maximum Gasteiger partial charge on any atom is 0.268 e. The molecule has 2 nitrogen and oxygen atoms in total. The van der Waals surface area contributed by atoms with Crippen molar-refractivity contribution in [3.8, 4) is 0 Å². The summed E-state index contributed by atoms with van der Waals surface area (Å²) in [6.45, 7) is 5.87. The minimum absolute atomic E-state index is 0.0686.